The van der Waals surface area contributed by atoms with Gasteiger partial charge >= 0.3 is 0 Å². The van der Waals surface area contributed by atoms with E-state index in [0.29, 0.717) is 13.0 Å². The van der Waals surface area contributed by atoms with Gasteiger partial charge in [-0.05, 0) is 54.5 Å². The Morgan fingerprint density at radius 1 is 1.12 bits per heavy atom. The van der Waals surface area contributed by atoms with Gasteiger partial charge in [-0.2, -0.15) is 0 Å². The molecule has 1 aromatic heterocycles. The number of aromatic nitrogens is 1. The molecule has 0 saturated heterocycles. The minimum Gasteiger partial charge on any atom is -0.358 e. The van der Waals surface area contributed by atoms with Crippen molar-refractivity contribution in [3.8, 4) is 0 Å². The van der Waals surface area contributed by atoms with Gasteiger partial charge in [-0.3, -0.25) is 4.79 Å². The Labute approximate surface area is 142 Å². The van der Waals surface area contributed by atoms with Gasteiger partial charge < -0.3 is 10.3 Å². The third kappa shape index (κ3) is 2.82. The normalized spacial score (nSPS) is 13.2. The molecule has 0 spiro atoms. The first-order valence-electron chi connectivity index (χ1n) is 8.64. The number of benzene rings is 2. The maximum absolute atomic E-state index is 12.4. The van der Waals surface area contributed by atoms with Crippen molar-refractivity contribution in [2.24, 2.45) is 0 Å². The fraction of sp³-hybridized carbons (Fsp3) is 0.286. The second-order valence-electron chi connectivity index (χ2n) is 6.68. The molecule has 24 heavy (non-hydrogen) atoms. The Bertz CT molecular complexity index is 907. The van der Waals surface area contributed by atoms with Crippen LogP contribution < -0.4 is 5.32 Å². The van der Waals surface area contributed by atoms with Crippen LogP contribution in [-0.2, 0) is 30.6 Å². The highest BCUT2D eigenvalue weighted by molar-refractivity contribution is 5.90. The number of fused-ring (bicyclic) bond motifs is 2. The number of aromatic amines is 1. The van der Waals surface area contributed by atoms with Crippen LogP contribution in [0.1, 0.15) is 34.4 Å². The summed E-state index contributed by atoms with van der Waals surface area (Å²) in [4.78, 5) is 15.7. The Hall–Kier alpha value is -2.55. The zero-order valence-electron chi connectivity index (χ0n) is 14.0. The lowest BCUT2D eigenvalue weighted by Crippen LogP contribution is -2.24. The molecule has 0 atom stereocenters. The lowest BCUT2D eigenvalue weighted by molar-refractivity contribution is -0.120. The molecule has 1 heterocycles. The minimum atomic E-state index is 0.0725. The first-order valence-corrected chi connectivity index (χ1v) is 8.64. The second-order valence-corrected chi connectivity index (χ2v) is 6.68. The first kappa shape index (κ1) is 15.0. The number of para-hydroxylation sites is 1. The molecule has 1 amide bonds. The quantitative estimate of drug-likeness (QED) is 0.754. The van der Waals surface area contributed by atoms with Crippen molar-refractivity contribution in [1.82, 2.24) is 10.3 Å². The Kier molecular flexibility index (Phi) is 3.85. The van der Waals surface area contributed by atoms with Crippen LogP contribution in [0.3, 0.4) is 0 Å². The number of amides is 1. The number of hydrogen-bond acceptors (Lipinski definition) is 1. The van der Waals surface area contributed by atoms with E-state index in [1.54, 1.807) is 0 Å². The largest absolute Gasteiger partial charge is 0.358 e. The van der Waals surface area contributed by atoms with Gasteiger partial charge in [-0.25, -0.2) is 0 Å². The highest BCUT2D eigenvalue weighted by Gasteiger charge is 2.13. The van der Waals surface area contributed by atoms with E-state index in [4.69, 9.17) is 0 Å². The molecule has 3 aromatic rings. The predicted octanol–water partition coefficient (Wildman–Crippen LogP) is 3.82. The number of carbonyl (C=O) groups excluding carboxylic acids is 1. The van der Waals surface area contributed by atoms with E-state index in [2.05, 4.69) is 34.6 Å². The SMILES string of the molecule is Cc1[nH]c2ccccc2c1CC(=O)NCc1ccc2c(c1)CCC2. The van der Waals surface area contributed by atoms with Gasteiger partial charge in [0.15, 0.2) is 0 Å². The van der Waals surface area contributed by atoms with Crippen LogP contribution in [0.25, 0.3) is 10.9 Å². The summed E-state index contributed by atoms with van der Waals surface area (Å²) in [6.07, 6.45) is 4.04. The van der Waals surface area contributed by atoms with E-state index in [0.717, 1.165) is 22.2 Å². The van der Waals surface area contributed by atoms with Gasteiger partial charge in [0.2, 0.25) is 5.91 Å². The number of nitrogens with one attached hydrogen (secondary N) is 2. The predicted molar refractivity (Wildman–Crippen MR) is 97.1 cm³/mol. The Morgan fingerprint density at radius 3 is 2.88 bits per heavy atom. The average molecular weight is 318 g/mol. The Balaban J connectivity index is 1.44. The highest BCUT2D eigenvalue weighted by atomic mass is 16.1. The smallest absolute Gasteiger partial charge is 0.224 e. The summed E-state index contributed by atoms with van der Waals surface area (Å²) >= 11 is 0. The standard InChI is InChI=1S/C21H22N2O/c1-14-19(18-7-2-3-8-20(18)23-14)12-21(24)22-13-15-9-10-16-5-4-6-17(16)11-15/h2-3,7-11,23H,4-6,12-13H2,1H3,(H,22,24). The third-order valence-electron chi connectivity index (χ3n) is 5.02. The summed E-state index contributed by atoms with van der Waals surface area (Å²) in [5, 5.41) is 4.21. The first-order chi connectivity index (χ1) is 11.7. The summed E-state index contributed by atoms with van der Waals surface area (Å²) < 4.78 is 0. The van der Waals surface area contributed by atoms with E-state index in [1.807, 2.05) is 25.1 Å². The van der Waals surface area contributed by atoms with Gasteiger partial charge in [0, 0.05) is 23.1 Å². The van der Waals surface area contributed by atoms with Crippen LogP contribution in [0.15, 0.2) is 42.5 Å². The molecule has 1 aliphatic rings. The fourth-order valence-corrected chi connectivity index (χ4v) is 3.72. The van der Waals surface area contributed by atoms with Crippen molar-refractivity contribution in [2.75, 3.05) is 0 Å². The monoisotopic (exact) mass is 318 g/mol. The number of hydrogen-bond donors (Lipinski definition) is 2. The number of rotatable bonds is 4. The summed E-state index contributed by atoms with van der Waals surface area (Å²) in [5.74, 6) is 0.0725. The van der Waals surface area contributed by atoms with Crippen molar-refractivity contribution in [3.63, 3.8) is 0 Å². The topological polar surface area (TPSA) is 44.9 Å². The van der Waals surface area contributed by atoms with Crippen LogP contribution >= 0.6 is 0 Å². The lowest BCUT2D eigenvalue weighted by Gasteiger charge is -2.08. The summed E-state index contributed by atoms with van der Waals surface area (Å²) in [7, 11) is 0. The summed E-state index contributed by atoms with van der Waals surface area (Å²) in [6.45, 7) is 2.64. The molecule has 3 heteroatoms. The maximum Gasteiger partial charge on any atom is 0.224 e. The molecule has 0 saturated carbocycles. The number of aryl methyl sites for hydroxylation is 3. The average Bonchev–Trinajstić information content (AvgIpc) is 3.17. The van der Waals surface area contributed by atoms with Crippen molar-refractivity contribution >= 4 is 16.8 Å². The molecular formula is C21H22N2O. The van der Waals surface area contributed by atoms with Crippen LogP contribution in [0.5, 0.6) is 0 Å². The van der Waals surface area contributed by atoms with E-state index in [-0.39, 0.29) is 5.91 Å². The van der Waals surface area contributed by atoms with Crippen LogP contribution in [0.4, 0.5) is 0 Å². The molecule has 2 N–H and O–H groups in total. The van der Waals surface area contributed by atoms with Crippen molar-refractivity contribution in [3.05, 3.63) is 70.4 Å². The molecule has 122 valence electrons. The third-order valence-corrected chi connectivity index (χ3v) is 5.02. The van der Waals surface area contributed by atoms with Crippen molar-refractivity contribution in [2.45, 2.75) is 39.2 Å². The van der Waals surface area contributed by atoms with E-state index >= 15 is 0 Å². The molecule has 0 aliphatic heterocycles. The van der Waals surface area contributed by atoms with Gasteiger partial charge in [0.05, 0.1) is 6.42 Å². The number of carbonyl (C=O) groups is 1. The van der Waals surface area contributed by atoms with E-state index < -0.39 is 0 Å². The molecule has 2 aromatic carbocycles. The van der Waals surface area contributed by atoms with Gasteiger partial charge in [0.1, 0.15) is 0 Å². The zero-order chi connectivity index (χ0) is 16.5. The summed E-state index contributed by atoms with van der Waals surface area (Å²) in [5.41, 5.74) is 7.38. The Morgan fingerprint density at radius 2 is 1.96 bits per heavy atom. The van der Waals surface area contributed by atoms with Crippen LogP contribution in [0.2, 0.25) is 0 Å². The van der Waals surface area contributed by atoms with E-state index in [1.165, 1.54) is 36.0 Å². The van der Waals surface area contributed by atoms with Crippen molar-refractivity contribution < 1.29 is 4.79 Å². The molecule has 3 nitrogen and oxygen atoms in total. The molecule has 4 rings (SSSR count). The van der Waals surface area contributed by atoms with Gasteiger partial charge in [0.25, 0.3) is 0 Å². The maximum atomic E-state index is 12.4. The molecular weight excluding hydrogens is 296 g/mol. The number of H-pyrrole nitrogens is 1. The molecule has 0 radical (unpaired) electrons. The highest BCUT2D eigenvalue weighted by Crippen LogP contribution is 2.23. The lowest BCUT2D eigenvalue weighted by atomic mass is 10.1. The van der Waals surface area contributed by atoms with Gasteiger partial charge in [-0.15, -0.1) is 0 Å². The molecule has 0 bridgehead atoms. The minimum absolute atomic E-state index is 0.0725. The zero-order valence-corrected chi connectivity index (χ0v) is 14.0. The molecule has 0 unspecified atom stereocenters. The summed E-state index contributed by atoms with van der Waals surface area (Å²) in [6, 6.07) is 14.8. The van der Waals surface area contributed by atoms with Crippen LogP contribution in [-0.4, -0.2) is 10.9 Å². The van der Waals surface area contributed by atoms with Crippen molar-refractivity contribution in [1.29, 1.82) is 0 Å². The van der Waals surface area contributed by atoms with Crippen LogP contribution in [0, 0.1) is 6.92 Å². The molecule has 1 aliphatic carbocycles. The van der Waals surface area contributed by atoms with Gasteiger partial charge in [-0.1, -0.05) is 36.4 Å². The molecule has 0 fully saturated rings. The van der Waals surface area contributed by atoms with E-state index in [9.17, 15) is 4.79 Å². The second kappa shape index (κ2) is 6.16. The fourth-order valence-electron chi connectivity index (χ4n) is 3.72.